The number of hydrogen-bond acceptors (Lipinski definition) is 8. The van der Waals surface area contributed by atoms with Gasteiger partial charge in [-0.05, 0) is 31.2 Å². The molecule has 164 valence electrons. The highest BCUT2D eigenvalue weighted by molar-refractivity contribution is 7.14. The van der Waals surface area contributed by atoms with Gasteiger partial charge in [0.1, 0.15) is 0 Å². The molecule has 11 heteroatoms. The number of esters is 1. The number of aromatic nitrogens is 1. The fourth-order valence-corrected chi connectivity index (χ4v) is 3.35. The molecule has 0 aliphatic carbocycles. The van der Waals surface area contributed by atoms with Gasteiger partial charge in [-0.1, -0.05) is 12.1 Å². The Hall–Kier alpha value is -4.12. The van der Waals surface area contributed by atoms with Crippen molar-refractivity contribution in [2.24, 2.45) is 0 Å². The van der Waals surface area contributed by atoms with Crippen molar-refractivity contribution in [1.82, 2.24) is 4.98 Å². The van der Waals surface area contributed by atoms with Crippen LogP contribution in [0.5, 0.6) is 0 Å². The third kappa shape index (κ3) is 5.73. The highest BCUT2D eigenvalue weighted by atomic mass is 32.1. The summed E-state index contributed by atoms with van der Waals surface area (Å²) in [5.74, 6) is -1.51. The predicted octanol–water partition coefficient (Wildman–Crippen LogP) is 3.86. The molecule has 0 saturated heterocycles. The molecule has 0 aliphatic rings. The van der Waals surface area contributed by atoms with Crippen LogP contribution in [0.4, 0.5) is 16.5 Å². The number of thiazole rings is 1. The van der Waals surface area contributed by atoms with Crippen molar-refractivity contribution >= 4 is 45.6 Å². The average molecular weight is 454 g/mol. The van der Waals surface area contributed by atoms with Crippen LogP contribution < -0.4 is 10.6 Å². The number of nitrogens with one attached hydrogen (secondary N) is 2. The standard InChI is InChI=1S/C21H18N4O6S/c1-12(31-20(28)14-6-8-16(9-7-14)22-13(2)26)19(27)24-21-23-18(11-32-21)15-4-3-5-17(10-15)25(29)30/h3-12H,1-2H3,(H,22,26)(H,23,24,27). The number of benzene rings is 2. The number of hydrogen-bond donors (Lipinski definition) is 2. The second-order valence-corrected chi connectivity index (χ2v) is 7.50. The molecule has 3 rings (SSSR count). The Morgan fingerprint density at radius 2 is 1.84 bits per heavy atom. The van der Waals surface area contributed by atoms with E-state index in [9.17, 15) is 24.5 Å². The molecule has 2 N–H and O–H groups in total. The Kier molecular flexibility index (Phi) is 6.90. The number of nitrogens with zero attached hydrogens (tertiary/aromatic N) is 2. The number of nitro groups is 1. The smallest absolute Gasteiger partial charge is 0.338 e. The number of nitro benzene ring substituents is 1. The van der Waals surface area contributed by atoms with Gasteiger partial charge in [0.05, 0.1) is 16.2 Å². The highest BCUT2D eigenvalue weighted by Gasteiger charge is 2.20. The second kappa shape index (κ2) is 9.79. The van der Waals surface area contributed by atoms with Crippen LogP contribution in [0, 0.1) is 10.1 Å². The van der Waals surface area contributed by atoms with E-state index in [1.54, 1.807) is 29.6 Å². The monoisotopic (exact) mass is 454 g/mol. The van der Waals surface area contributed by atoms with Gasteiger partial charge in [-0.2, -0.15) is 0 Å². The van der Waals surface area contributed by atoms with Crippen molar-refractivity contribution in [2.75, 3.05) is 10.6 Å². The summed E-state index contributed by atoms with van der Waals surface area (Å²) in [5, 5.41) is 18.0. The molecule has 1 heterocycles. The van der Waals surface area contributed by atoms with Crippen molar-refractivity contribution in [3.8, 4) is 11.3 Å². The normalized spacial score (nSPS) is 11.3. The zero-order valence-electron chi connectivity index (χ0n) is 17.0. The van der Waals surface area contributed by atoms with Crippen LogP contribution in [0.25, 0.3) is 11.3 Å². The van der Waals surface area contributed by atoms with E-state index >= 15 is 0 Å². The van der Waals surface area contributed by atoms with Crippen LogP contribution in [-0.4, -0.2) is 33.8 Å². The largest absolute Gasteiger partial charge is 0.449 e. The Morgan fingerprint density at radius 3 is 2.50 bits per heavy atom. The fourth-order valence-electron chi connectivity index (χ4n) is 2.62. The van der Waals surface area contributed by atoms with Gasteiger partial charge in [-0.15, -0.1) is 11.3 Å². The van der Waals surface area contributed by atoms with E-state index in [0.29, 0.717) is 16.9 Å². The van der Waals surface area contributed by atoms with Gasteiger partial charge in [-0.25, -0.2) is 9.78 Å². The molecule has 0 saturated carbocycles. The van der Waals surface area contributed by atoms with E-state index in [2.05, 4.69) is 15.6 Å². The summed E-state index contributed by atoms with van der Waals surface area (Å²) in [6.07, 6.45) is -1.09. The summed E-state index contributed by atoms with van der Waals surface area (Å²) in [5.41, 5.74) is 1.70. The molecular formula is C21H18N4O6S. The van der Waals surface area contributed by atoms with Crippen LogP contribution in [0.1, 0.15) is 24.2 Å². The Morgan fingerprint density at radius 1 is 1.12 bits per heavy atom. The van der Waals surface area contributed by atoms with Crippen LogP contribution in [0.3, 0.4) is 0 Å². The molecule has 0 aliphatic heterocycles. The number of rotatable bonds is 7. The molecule has 0 bridgehead atoms. The molecule has 3 aromatic rings. The minimum Gasteiger partial charge on any atom is -0.449 e. The SMILES string of the molecule is CC(=O)Nc1ccc(C(=O)OC(C)C(=O)Nc2nc(-c3cccc([N+](=O)[O-])c3)cs2)cc1. The van der Waals surface area contributed by atoms with Gasteiger partial charge in [0.15, 0.2) is 11.2 Å². The number of carbonyl (C=O) groups excluding carboxylic acids is 3. The van der Waals surface area contributed by atoms with Crippen molar-refractivity contribution in [3.63, 3.8) is 0 Å². The van der Waals surface area contributed by atoms with Crippen LogP contribution in [0.15, 0.2) is 53.9 Å². The molecule has 1 unspecified atom stereocenters. The maximum Gasteiger partial charge on any atom is 0.338 e. The van der Waals surface area contributed by atoms with E-state index < -0.39 is 22.9 Å². The van der Waals surface area contributed by atoms with Crippen molar-refractivity contribution in [1.29, 1.82) is 0 Å². The summed E-state index contributed by atoms with van der Waals surface area (Å²) >= 11 is 1.14. The molecule has 2 aromatic carbocycles. The van der Waals surface area contributed by atoms with E-state index in [4.69, 9.17) is 4.74 Å². The summed E-state index contributed by atoms with van der Waals surface area (Å²) in [4.78, 5) is 50.4. The number of non-ortho nitro benzene ring substituents is 1. The average Bonchev–Trinajstić information content (AvgIpc) is 3.22. The van der Waals surface area contributed by atoms with Gasteiger partial charge in [0.2, 0.25) is 5.91 Å². The van der Waals surface area contributed by atoms with E-state index in [-0.39, 0.29) is 22.3 Å². The number of anilines is 2. The molecule has 0 radical (unpaired) electrons. The maximum atomic E-state index is 12.4. The van der Waals surface area contributed by atoms with Gasteiger partial charge in [-0.3, -0.25) is 25.0 Å². The minimum absolute atomic E-state index is 0.0632. The number of carbonyl (C=O) groups is 3. The van der Waals surface area contributed by atoms with E-state index in [1.165, 1.54) is 38.1 Å². The Bertz CT molecular complexity index is 1180. The van der Waals surface area contributed by atoms with Gasteiger partial charge >= 0.3 is 5.97 Å². The first kappa shape index (κ1) is 22.6. The van der Waals surface area contributed by atoms with Crippen LogP contribution in [0.2, 0.25) is 0 Å². The lowest BCUT2D eigenvalue weighted by atomic mass is 10.1. The molecule has 10 nitrogen and oxygen atoms in total. The third-order valence-corrected chi connectivity index (χ3v) is 4.94. The van der Waals surface area contributed by atoms with Crippen molar-refractivity contribution < 1.29 is 24.0 Å². The number of amides is 2. The first-order chi connectivity index (χ1) is 15.2. The van der Waals surface area contributed by atoms with Gasteiger partial charge < -0.3 is 10.1 Å². The molecule has 32 heavy (non-hydrogen) atoms. The van der Waals surface area contributed by atoms with E-state index in [1.807, 2.05) is 0 Å². The highest BCUT2D eigenvalue weighted by Crippen LogP contribution is 2.27. The van der Waals surface area contributed by atoms with Crippen LogP contribution >= 0.6 is 11.3 Å². The summed E-state index contributed by atoms with van der Waals surface area (Å²) in [7, 11) is 0. The maximum absolute atomic E-state index is 12.4. The molecule has 2 amide bonds. The zero-order valence-corrected chi connectivity index (χ0v) is 17.8. The Balaban J connectivity index is 1.60. The van der Waals surface area contributed by atoms with E-state index in [0.717, 1.165) is 11.3 Å². The molecule has 1 atom stereocenters. The topological polar surface area (TPSA) is 141 Å². The summed E-state index contributed by atoms with van der Waals surface area (Å²) < 4.78 is 5.19. The number of ether oxygens (including phenoxy) is 1. The minimum atomic E-state index is -1.09. The Labute approximate surface area is 186 Å². The molecule has 1 aromatic heterocycles. The van der Waals surface area contributed by atoms with Crippen molar-refractivity contribution in [2.45, 2.75) is 20.0 Å². The summed E-state index contributed by atoms with van der Waals surface area (Å²) in [6.45, 7) is 2.80. The molecule has 0 fully saturated rings. The van der Waals surface area contributed by atoms with Crippen LogP contribution in [-0.2, 0) is 14.3 Å². The van der Waals surface area contributed by atoms with Gasteiger partial charge in [0, 0.05) is 35.7 Å². The fraction of sp³-hybridized carbons (Fsp3) is 0.143. The summed E-state index contributed by atoms with van der Waals surface area (Å²) in [6, 6.07) is 12.0. The van der Waals surface area contributed by atoms with Gasteiger partial charge in [0.25, 0.3) is 11.6 Å². The first-order valence-electron chi connectivity index (χ1n) is 9.33. The molecular weight excluding hydrogens is 436 g/mol. The lowest BCUT2D eigenvalue weighted by Crippen LogP contribution is -2.30. The van der Waals surface area contributed by atoms with Crippen molar-refractivity contribution in [3.05, 3.63) is 69.6 Å². The first-order valence-corrected chi connectivity index (χ1v) is 10.2. The third-order valence-electron chi connectivity index (χ3n) is 4.18. The second-order valence-electron chi connectivity index (χ2n) is 6.64. The molecule has 0 spiro atoms. The lowest BCUT2D eigenvalue weighted by Gasteiger charge is -2.12. The zero-order chi connectivity index (χ0) is 23.3. The lowest BCUT2D eigenvalue weighted by molar-refractivity contribution is -0.384. The predicted molar refractivity (Wildman–Crippen MR) is 118 cm³/mol. The quantitative estimate of drug-likeness (QED) is 0.314.